The summed E-state index contributed by atoms with van der Waals surface area (Å²) < 4.78 is 1.33. The summed E-state index contributed by atoms with van der Waals surface area (Å²) in [5, 5.41) is 7.27. The first-order valence-corrected chi connectivity index (χ1v) is 8.38. The summed E-state index contributed by atoms with van der Waals surface area (Å²) in [6, 6.07) is 7.63. The lowest BCUT2D eigenvalue weighted by atomic mass is 10.2. The summed E-state index contributed by atoms with van der Waals surface area (Å²) in [5.74, 6) is 1.07. The van der Waals surface area contributed by atoms with E-state index in [0.29, 0.717) is 0 Å². The van der Waals surface area contributed by atoms with Crippen molar-refractivity contribution >= 4 is 11.5 Å². The Morgan fingerprint density at radius 1 is 1.21 bits per heavy atom. The van der Waals surface area contributed by atoms with E-state index in [9.17, 15) is 4.79 Å². The largest absolute Gasteiger partial charge is 0.384 e. The predicted molar refractivity (Wildman–Crippen MR) is 95.5 cm³/mol. The highest BCUT2D eigenvalue weighted by atomic mass is 16.1. The smallest absolute Gasteiger partial charge is 0.268 e. The molecule has 7 heteroatoms. The van der Waals surface area contributed by atoms with Crippen LogP contribution in [0.2, 0.25) is 0 Å². The number of aromatic nitrogens is 3. The van der Waals surface area contributed by atoms with E-state index in [2.05, 4.69) is 31.3 Å². The van der Waals surface area contributed by atoms with Crippen LogP contribution in [0.5, 0.6) is 0 Å². The summed E-state index contributed by atoms with van der Waals surface area (Å²) in [6.45, 7) is 6.05. The molecule has 24 heavy (non-hydrogen) atoms. The van der Waals surface area contributed by atoms with E-state index < -0.39 is 0 Å². The van der Waals surface area contributed by atoms with Gasteiger partial charge in [-0.2, -0.15) is 5.10 Å². The Morgan fingerprint density at radius 3 is 2.75 bits per heavy atom. The van der Waals surface area contributed by atoms with Crippen LogP contribution in [0, 0.1) is 0 Å². The van der Waals surface area contributed by atoms with Gasteiger partial charge in [0.25, 0.3) is 5.56 Å². The fourth-order valence-electron chi connectivity index (χ4n) is 2.84. The second kappa shape index (κ2) is 7.92. The zero-order valence-electron chi connectivity index (χ0n) is 14.1. The molecule has 0 bridgehead atoms. The molecular formula is C17H24N6O. The van der Waals surface area contributed by atoms with Crippen LogP contribution in [0.15, 0.2) is 41.5 Å². The molecule has 3 heterocycles. The number of nitrogens with one attached hydrogen (secondary N) is 1. The first-order chi connectivity index (χ1) is 11.7. The van der Waals surface area contributed by atoms with Gasteiger partial charge in [-0.15, -0.1) is 0 Å². The van der Waals surface area contributed by atoms with Crippen LogP contribution in [-0.4, -0.2) is 58.9 Å². The molecule has 3 rings (SSSR count). The van der Waals surface area contributed by atoms with Gasteiger partial charge in [0.1, 0.15) is 5.82 Å². The maximum absolute atomic E-state index is 11.5. The normalized spacial score (nSPS) is 15.5. The molecule has 2 aromatic heterocycles. The van der Waals surface area contributed by atoms with Gasteiger partial charge in [-0.25, -0.2) is 9.67 Å². The molecular weight excluding hydrogens is 304 g/mol. The number of pyridine rings is 1. The quantitative estimate of drug-likeness (QED) is 0.791. The summed E-state index contributed by atoms with van der Waals surface area (Å²) >= 11 is 0. The molecule has 0 radical (unpaired) electrons. The Hall–Kier alpha value is -2.41. The van der Waals surface area contributed by atoms with Crippen molar-refractivity contribution in [1.82, 2.24) is 19.7 Å². The van der Waals surface area contributed by atoms with Gasteiger partial charge in [0.15, 0.2) is 0 Å². The Balaban J connectivity index is 1.36. The van der Waals surface area contributed by atoms with Gasteiger partial charge in [-0.1, -0.05) is 6.07 Å². The Morgan fingerprint density at radius 2 is 2.04 bits per heavy atom. The van der Waals surface area contributed by atoms with Crippen LogP contribution in [0.1, 0.15) is 6.42 Å². The lowest BCUT2D eigenvalue weighted by molar-refractivity contribution is 0.256. The molecule has 128 valence electrons. The average molecular weight is 328 g/mol. The lowest BCUT2D eigenvalue weighted by Crippen LogP contribution is -2.47. The third kappa shape index (κ3) is 4.32. The molecule has 0 spiro atoms. The van der Waals surface area contributed by atoms with Gasteiger partial charge in [0.05, 0.1) is 11.9 Å². The van der Waals surface area contributed by atoms with E-state index in [1.54, 1.807) is 19.3 Å². The van der Waals surface area contributed by atoms with Gasteiger partial charge in [0, 0.05) is 52.0 Å². The van der Waals surface area contributed by atoms with Crippen molar-refractivity contribution in [2.75, 3.05) is 49.5 Å². The Bertz CT molecular complexity index is 694. The molecule has 1 saturated heterocycles. The van der Waals surface area contributed by atoms with E-state index in [4.69, 9.17) is 0 Å². The zero-order chi connectivity index (χ0) is 16.8. The summed E-state index contributed by atoms with van der Waals surface area (Å²) in [5.41, 5.74) is 0.698. The highest BCUT2D eigenvalue weighted by Crippen LogP contribution is 2.12. The van der Waals surface area contributed by atoms with Crippen molar-refractivity contribution in [3.63, 3.8) is 0 Å². The molecule has 7 nitrogen and oxygen atoms in total. The maximum Gasteiger partial charge on any atom is 0.268 e. The molecule has 0 aromatic carbocycles. The molecule has 0 aliphatic carbocycles. The van der Waals surface area contributed by atoms with Crippen LogP contribution >= 0.6 is 0 Å². The number of rotatable bonds is 6. The minimum absolute atomic E-state index is 0.0920. The number of hydrogen-bond donors (Lipinski definition) is 1. The minimum Gasteiger partial charge on any atom is -0.384 e. The number of anilines is 2. The molecule has 1 N–H and O–H groups in total. The van der Waals surface area contributed by atoms with E-state index in [0.717, 1.165) is 57.2 Å². The van der Waals surface area contributed by atoms with Crippen molar-refractivity contribution < 1.29 is 0 Å². The van der Waals surface area contributed by atoms with Crippen molar-refractivity contribution in [3.05, 3.63) is 47.0 Å². The van der Waals surface area contributed by atoms with E-state index in [1.165, 1.54) is 4.68 Å². The van der Waals surface area contributed by atoms with Gasteiger partial charge >= 0.3 is 0 Å². The van der Waals surface area contributed by atoms with Crippen LogP contribution in [0.3, 0.4) is 0 Å². The minimum atomic E-state index is -0.0920. The predicted octanol–water partition coefficient (Wildman–Crippen LogP) is 0.799. The van der Waals surface area contributed by atoms with Crippen LogP contribution < -0.4 is 15.8 Å². The van der Waals surface area contributed by atoms with Gasteiger partial charge < -0.3 is 10.2 Å². The van der Waals surface area contributed by atoms with Gasteiger partial charge in [0.2, 0.25) is 0 Å². The third-order valence-electron chi connectivity index (χ3n) is 4.29. The number of nitrogens with zero attached hydrogens (tertiary/aromatic N) is 5. The number of hydrogen-bond acceptors (Lipinski definition) is 6. The van der Waals surface area contributed by atoms with Crippen LogP contribution in [0.25, 0.3) is 0 Å². The molecule has 0 amide bonds. The van der Waals surface area contributed by atoms with E-state index in [-0.39, 0.29) is 5.56 Å². The second-order valence-electron chi connectivity index (χ2n) is 6.00. The fourth-order valence-corrected chi connectivity index (χ4v) is 2.84. The van der Waals surface area contributed by atoms with Crippen LogP contribution in [-0.2, 0) is 7.05 Å². The lowest BCUT2D eigenvalue weighted by Gasteiger charge is -2.35. The summed E-state index contributed by atoms with van der Waals surface area (Å²) in [4.78, 5) is 20.7. The monoisotopic (exact) mass is 328 g/mol. The van der Waals surface area contributed by atoms with Crippen molar-refractivity contribution in [2.45, 2.75) is 6.42 Å². The highest BCUT2D eigenvalue weighted by molar-refractivity contribution is 5.39. The Kier molecular flexibility index (Phi) is 5.43. The van der Waals surface area contributed by atoms with Crippen LogP contribution in [0.4, 0.5) is 11.5 Å². The van der Waals surface area contributed by atoms with Crippen molar-refractivity contribution in [2.24, 2.45) is 7.05 Å². The first kappa shape index (κ1) is 16.4. The SMILES string of the molecule is Cn1ncc(NCCCN2CCN(c3ccccn3)CC2)cc1=O. The number of piperazine rings is 1. The highest BCUT2D eigenvalue weighted by Gasteiger charge is 2.17. The van der Waals surface area contributed by atoms with E-state index in [1.807, 2.05) is 18.3 Å². The van der Waals surface area contributed by atoms with Crippen molar-refractivity contribution in [1.29, 1.82) is 0 Å². The maximum atomic E-state index is 11.5. The van der Waals surface area contributed by atoms with Gasteiger partial charge in [-0.3, -0.25) is 9.69 Å². The molecule has 0 atom stereocenters. The van der Waals surface area contributed by atoms with E-state index >= 15 is 0 Å². The summed E-state index contributed by atoms with van der Waals surface area (Å²) in [6.07, 6.45) is 4.57. The molecule has 2 aromatic rings. The zero-order valence-corrected chi connectivity index (χ0v) is 14.1. The third-order valence-corrected chi connectivity index (χ3v) is 4.29. The Labute approximate surface area is 141 Å². The average Bonchev–Trinajstić information content (AvgIpc) is 2.63. The van der Waals surface area contributed by atoms with Gasteiger partial charge in [-0.05, 0) is 25.1 Å². The molecule has 1 aliphatic rings. The fraction of sp³-hybridized carbons (Fsp3) is 0.471. The molecule has 0 unspecified atom stereocenters. The number of aryl methyl sites for hydroxylation is 1. The summed E-state index contributed by atoms with van der Waals surface area (Å²) in [7, 11) is 1.65. The topological polar surface area (TPSA) is 66.3 Å². The second-order valence-corrected chi connectivity index (χ2v) is 6.00. The van der Waals surface area contributed by atoms with Crippen molar-refractivity contribution in [3.8, 4) is 0 Å². The first-order valence-electron chi connectivity index (χ1n) is 8.38. The molecule has 1 fully saturated rings. The molecule has 0 saturated carbocycles. The standard InChI is InChI=1S/C17H24N6O/c1-21-17(24)13-15(14-20-21)18-7-4-8-22-9-11-23(12-10-22)16-5-2-3-6-19-16/h2-3,5-6,13-14,18H,4,7-12H2,1H3. The molecule has 1 aliphatic heterocycles.